The summed E-state index contributed by atoms with van der Waals surface area (Å²) >= 11 is 5.94. The van der Waals surface area contributed by atoms with Gasteiger partial charge in [-0.2, -0.15) is 0 Å². The molecule has 1 N–H and O–H groups in total. The molecule has 0 radical (unpaired) electrons. The number of carbonyl (C=O) groups excluding carboxylic acids is 1. The van der Waals surface area contributed by atoms with Gasteiger partial charge >= 0.3 is 0 Å². The number of nitrogens with one attached hydrogen (secondary N) is 1. The lowest BCUT2D eigenvalue weighted by Gasteiger charge is -2.10. The van der Waals surface area contributed by atoms with E-state index in [1.54, 1.807) is 0 Å². The first-order valence-electron chi connectivity index (χ1n) is 5.22. The fourth-order valence-corrected chi connectivity index (χ4v) is 2.82. The topological polar surface area (TPSA) is 29.1 Å². The number of rotatable bonds is 2. The van der Waals surface area contributed by atoms with Crippen LogP contribution in [0.2, 0.25) is 5.02 Å². The summed E-state index contributed by atoms with van der Waals surface area (Å²) in [4.78, 5) is 11.3. The summed E-state index contributed by atoms with van der Waals surface area (Å²) in [6.45, 7) is 0.836. The summed E-state index contributed by atoms with van der Waals surface area (Å²) in [7, 11) is 0. The summed E-state index contributed by atoms with van der Waals surface area (Å²) in [5.41, 5.74) is 1.45. The Morgan fingerprint density at radius 1 is 1.53 bits per heavy atom. The van der Waals surface area contributed by atoms with Crippen LogP contribution in [0.5, 0.6) is 0 Å². The van der Waals surface area contributed by atoms with Crippen molar-refractivity contribution in [1.82, 2.24) is 5.32 Å². The average molecular weight is 222 g/mol. The second kappa shape index (κ2) is 2.99. The van der Waals surface area contributed by atoms with E-state index in [1.807, 2.05) is 18.2 Å². The lowest BCUT2D eigenvalue weighted by Crippen LogP contribution is -2.21. The first-order valence-corrected chi connectivity index (χ1v) is 5.60. The highest BCUT2D eigenvalue weighted by molar-refractivity contribution is 6.30. The molecule has 15 heavy (non-hydrogen) atoms. The summed E-state index contributed by atoms with van der Waals surface area (Å²) < 4.78 is 0. The predicted molar refractivity (Wildman–Crippen MR) is 58.7 cm³/mol. The van der Waals surface area contributed by atoms with E-state index in [2.05, 4.69) is 11.4 Å². The third kappa shape index (κ3) is 1.44. The number of hydrogen-bond acceptors (Lipinski definition) is 1. The zero-order chi connectivity index (χ0) is 10.5. The van der Waals surface area contributed by atoms with Crippen molar-refractivity contribution < 1.29 is 4.79 Å². The van der Waals surface area contributed by atoms with Crippen molar-refractivity contribution in [3.63, 3.8) is 0 Å². The molecule has 0 bridgehead atoms. The quantitative estimate of drug-likeness (QED) is 0.814. The maximum Gasteiger partial charge on any atom is 0.223 e. The summed E-state index contributed by atoms with van der Waals surface area (Å²) in [5, 5.41) is 3.70. The molecule has 1 saturated carbocycles. The van der Waals surface area contributed by atoms with Gasteiger partial charge < -0.3 is 5.32 Å². The Labute approximate surface area is 93.6 Å². The Morgan fingerprint density at radius 2 is 2.40 bits per heavy atom. The lowest BCUT2D eigenvalue weighted by atomic mass is 9.96. The molecular weight excluding hydrogens is 210 g/mol. The number of carbonyl (C=O) groups is 1. The van der Waals surface area contributed by atoms with Gasteiger partial charge in [0.25, 0.3) is 0 Å². The molecule has 0 aromatic heterocycles. The van der Waals surface area contributed by atoms with E-state index >= 15 is 0 Å². The normalized spacial score (nSPS) is 32.3. The zero-order valence-electron chi connectivity index (χ0n) is 8.29. The minimum absolute atomic E-state index is 0.210. The summed E-state index contributed by atoms with van der Waals surface area (Å²) in [5.74, 6) is 0.494. The van der Waals surface area contributed by atoms with Gasteiger partial charge in [0.05, 0.1) is 0 Å². The van der Waals surface area contributed by atoms with Crippen LogP contribution in [0.1, 0.15) is 12.0 Å². The van der Waals surface area contributed by atoms with E-state index < -0.39 is 0 Å². The molecular formula is C12H12ClNO. The summed E-state index contributed by atoms with van der Waals surface area (Å²) in [6.07, 6.45) is 2.02. The molecule has 3 heteroatoms. The van der Waals surface area contributed by atoms with Crippen molar-refractivity contribution in [2.45, 2.75) is 12.8 Å². The van der Waals surface area contributed by atoms with E-state index in [0.29, 0.717) is 0 Å². The van der Waals surface area contributed by atoms with Crippen LogP contribution in [0.3, 0.4) is 0 Å². The molecule has 2 aliphatic rings. The van der Waals surface area contributed by atoms with Gasteiger partial charge in [-0.3, -0.25) is 4.79 Å². The third-order valence-electron chi connectivity index (χ3n) is 3.57. The Bertz CT molecular complexity index is 431. The van der Waals surface area contributed by atoms with Crippen molar-refractivity contribution in [1.29, 1.82) is 0 Å². The van der Waals surface area contributed by atoms with Gasteiger partial charge in [-0.1, -0.05) is 23.7 Å². The van der Waals surface area contributed by atoms with E-state index in [-0.39, 0.29) is 17.2 Å². The van der Waals surface area contributed by atoms with Crippen molar-refractivity contribution >= 4 is 17.5 Å². The number of benzene rings is 1. The van der Waals surface area contributed by atoms with E-state index in [0.717, 1.165) is 24.4 Å². The molecule has 2 nitrogen and oxygen atoms in total. The van der Waals surface area contributed by atoms with Gasteiger partial charge in [-0.25, -0.2) is 0 Å². The van der Waals surface area contributed by atoms with E-state index in [4.69, 9.17) is 11.6 Å². The fourth-order valence-electron chi connectivity index (χ4n) is 2.61. The van der Waals surface area contributed by atoms with E-state index in [9.17, 15) is 4.79 Å². The SMILES string of the molecule is O=C1NCC2(Cc3cccc(Cl)c3)CC12. The molecule has 1 aromatic rings. The Morgan fingerprint density at radius 3 is 3.00 bits per heavy atom. The molecule has 78 valence electrons. The minimum atomic E-state index is 0.210. The van der Waals surface area contributed by atoms with Gasteiger partial charge in [0.1, 0.15) is 0 Å². The van der Waals surface area contributed by atoms with Crippen LogP contribution in [-0.4, -0.2) is 12.5 Å². The largest absolute Gasteiger partial charge is 0.355 e. The first kappa shape index (κ1) is 9.22. The molecule has 1 heterocycles. The zero-order valence-corrected chi connectivity index (χ0v) is 9.05. The highest BCUT2D eigenvalue weighted by Gasteiger charge is 2.61. The van der Waals surface area contributed by atoms with Gasteiger partial charge in [-0.15, -0.1) is 0 Å². The van der Waals surface area contributed by atoms with Crippen LogP contribution in [0.25, 0.3) is 0 Å². The van der Waals surface area contributed by atoms with Gasteiger partial charge in [0.2, 0.25) is 5.91 Å². The molecule has 2 unspecified atom stereocenters. The van der Waals surface area contributed by atoms with Gasteiger partial charge in [0.15, 0.2) is 0 Å². The monoisotopic (exact) mass is 221 g/mol. The number of fused-ring (bicyclic) bond motifs is 1. The number of hydrogen-bond donors (Lipinski definition) is 1. The Balaban J connectivity index is 1.80. The number of piperidine rings is 1. The van der Waals surface area contributed by atoms with Crippen LogP contribution in [0, 0.1) is 11.3 Å². The second-order valence-electron chi connectivity index (χ2n) is 4.64. The van der Waals surface area contributed by atoms with Gasteiger partial charge in [0, 0.05) is 22.9 Å². The van der Waals surface area contributed by atoms with Gasteiger partial charge in [-0.05, 0) is 30.5 Å². The third-order valence-corrected chi connectivity index (χ3v) is 3.80. The highest BCUT2D eigenvalue weighted by atomic mass is 35.5. The Kier molecular flexibility index (Phi) is 1.84. The predicted octanol–water partition coefficient (Wildman–Crippen LogP) is 2.02. The second-order valence-corrected chi connectivity index (χ2v) is 5.08. The highest BCUT2D eigenvalue weighted by Crippen LogP contribution is 2.57. The minimum Gasteiger partial charge on any atom is -0.355 e. The maximum atomic E-state index is 11.3. The molecule has 1 saturated heterocycles. The van der Waals surface area contributed by atoms with Crippen LogP contribution < -0.4 is 5.32 Å². The summed E-state index contributed by atoms with van der Waals surface area (Å²) in [6, 6.07) is 7.92. The molecule has 2 atom stereocenters. The lowest BCUT2D eigenvalue weighted by molar-refractivity contribution is -0.120. The molecule has 1 amide bonds. The van der Waals surface area contributed by atoms with E-state index in [1.165, 1.54) is 5.56 Å². The standard InChI is InChI=1S/C12H12ClNO/c13-9-3-1-2-8(4-9)5-12-6-10(12)11(15)14-7-12/h1-4,10H,5-7H2,(H,14,15). The van der Waals surface area contributed by atoms with Crippen LogP contribution in [0.4, 0.5) is 0 Å². The molecule has 0 spiro atoms. The maximum absolute atomic E-state index is 11.3. The van der Waals surface area contributed by atoms with Crippen molar-refractivity contribution in [2.75, 3.05) is 6.54 Å². The first-order chi connectivity index (χ1) is 7.20. The molecule has 3 rings (SSSR count). The molecule has 2 fully saturated rings. The number of halogens is 1. The molecule has 1 aromatic carbocycles. The van der Waals surface area contributed by atoms with Crippen molar-refractivity contribution in [2.24, 2.45) is 11.3 Å². The Hall–Kier alpha value is -1.02. The van der Waals surface area contributed by atoms with Crippen LogP contribution in [-0.2, 0) is 11.2 Å². The molecule has 1 aliphatic heterocycles. The van der Waals surface area contributed by atoms with Crippen molar-refractivity contribution in [3.8, 4) is 0 Å². The van der Waals surface area contributed by atoms with Crippen LogP contribution >= 0.6 is 11.6 Å². The smallest absolute Gasteiger partial charge is 0.223 e. The molecule has 1 aliphatic carbocycles. The number of amides is 1. The van der Waals surface area contributed by atoms with Crippen molar-refractivity contribution in [3.05, 3.63) is 34.9 Å². The average Bonchev–Trinajstić information content (AvgIpc) is 2.82. The van der Waals surface area contributed by atoms with Crippen LogP contribution in [0.15, 0.2) is 24.3 Å². The fraction of sp³-hybridized carbons (Fsp3) is 0.417.